The van der Waals surface area contributed by atoms with Crippen LogP contribution in [-0.2, 0) is 4.79 Å². The van der Waals surface area contributed by atoms with Gasteiger partial charge in [-0.05, 0) is 12.7 Å². The SMILES string of the molecule is CB(O)CCC[C@]12CN[C@H]1CN[C@@H]2C(=O)O. The van der Waals surface area contributed by atoms with Crippen LogP contribution >= 0.6 is 0 Å². The third-order valence-electron chi connectivity index (χ3n) is 3.98. The van der Waals surface area contributed by atoms with E-state index in [1.807, 2.05) is 0 Å². The fraction of sp³-hybridized carbons (Fsp3) is 0.900. The Bertz CT molecular complexity index is 287. The van der Waals surface area contributed by atoms with Crippen molar-refractivity contribution in [1.29, 1.82) is 0 Å². The Morgan fingerprint density at radius 1 is 1.56 bits per heavy atom. The second-order valence-corrected chi connectivity index (χ2v) is 5.09. The molecule has 2 aliphatic rings. The van der Waals surface area contributed by atoms with E-state index in [2.05, 4.69) is 10.6 Å². The molecule has 4 N–H and O–H groups in total. The Balaban J connectivity index is 1.95. The first-order valence-electron chi connectivity index (χ1n) is 5.94. The molecule has 0 spiro atoms. The first-order chi connectivity index (χ1) is 7.56. The van der Waals surface area contributed by atoms with E-state index in [1.165, 1.54) is 0 Å². The lowest BCUT2D eigenvalue weighted by Crippen LogP contribution is -2.65. The van der Waals surface area contributed by atoms with Gasteiger partial charge in [-0.25, -0.2) is 0 Å². The molecule has 2 fully saturated rings. The third-order valence-corrected chi connectivity index (χ3v) is 3.98. The van der Waals surface area contributed by atoms with Gasteiger partial charge in [0.2, 0.25) is 0 Å². The standard InChI is InChI=1S/C10H19BN2O3/c1-11(16)4-2-3-10-6-13-7(10)5-12-8(10)9(14)15/h7-8,12-13,16H,2-6H2,1H3,(H,14,15)/t7-,8+,10-/m0/s1. The smallest absolute Gasteiger partial charge is 0.321 e. The lowest BCUT2D eigenvalue weighted by Gasteiger charge is -2.47. The zero-order valence-corrected chi connectivity index (χ0v) is 9.57. The Hall–Kier alpha value is -0.585. The summed E-state index contributed by atoms with van der Waals surface area (Å²) in [5.74, 6) is -0.749. The number of hydrogen-bond acceptors (Lipinski definition) is 4. The normalized spacial score (nSPS) is 36.6. The van der Waals surface area contributed by atoms with Gasteiger partial charge in [-0.15, -0.1) is 0 Å². The van der Waals surface area contributed by atoms with Gasteiger partial charge in [0, 0.05) is 24.5 Å². The van der Waals surface area contributed by atoms with Gasteiger partial charge in [0.15, 0.2) is 0 Å². The zero-order chi connectivity index (χ0) is 11.8. The summed E-state index contributed by atoms with van der Waals surface area (Å²) in [6.07, 6.45) is 2.52. The second-order valence-electron chi connectivity index (χ2n) is 5.09. The first kappa shape index (κ1) is 11.9. The van der Waals surface area contributed by atoms with E-state index < -0.39 is 12.0 Å². The maximum atomic E-state index is 11.2. The number of aliphatic carboxylic acids is 1. The van der Waals surface area contributed by atoms with E-state index in [9.17, 15) is 9.82 Å². The molecule has 3 atom stereocenters. The van der Waals surface area contributed by atoms with E-state index in [1.54, 1.807) is 6.82 Å². The van der Waals surface area contributed by atoms with E-state index in [4.69, 9.17) is 5.11 Å². The number of carboxylic acid groups (broad SMARTS) is 1. The monoisotopic (exact) mass is 226 g/mol. The highest BCUT2D eigenvalue weighted by molar-refractivity contribution is 6.48. The van der Waals surface area contributed by atoms with Gasteiger partial charge in [-0.3, -0.25) is 4.79 Å². The molecule has 0 aromatic rings. The quantitative estimate of drug-likeness (QED) is 0.470. The topological polar surface area (TPSA) is 81.6 Å². The van der Waals surface area contributed by atoms with Crippen molar-refractivity contribution in [2.75, 3.05) is 13.1 Å². The predicted octanol–water partition coefficient (Wildman–Crippen LogP) is -0.605. The molecule has 0 amide bonds. The van der Waals surface area contributed by atoms with Crippen LogP contribution in [0.15, 0.2) is 0 Å². The summed E-state index contributed by atoms with van der Waals surface area (Å²) in [4.78, 5) is 11.2. The number of nitrogens with one attached hydrogen (secondary N) is 2. The van der Waals surface area contributed by atoms with E-state index in [0.29, 0.717) is 6.04 Å². The molecule has 2 saturated heterocycles. The minimum absolute atomic E-state index is 0.124. The van der Waals surface area contributed by atoms with Gasteiger partial charge in [-0.2, -0.15) is 0 Å². The molecule has 5 nitrogen and oxygen atoms in total. The summed E-state index contributed by atoms with van der Waals surface area (Å²) >= 11 is 0. The van der Waals surface area contributed by atoms with Crippen molar-refractivity contribution >= 4 is 12.9 Å². The van der Waals surface area contributed by atoms with E-state index in [0.717, 1.165) is 32.3 Å². The van der Waals surface area contributed by atoms with Crippen molar-refractivity contribution in [3.63, 3.8) is 0 Å². The molecular weight excluding hydrogens is 207 g/mol. The number of carbonyl (C=O) groups is 1. The van der Waals surface area contributed by atoms with Crippen molar-refractivity contribution in [1.82, 2.24) is 10.6 Å². The van der Waals surface area contributed by atoms with Gasteiger partial charge >= 0.3 is 5.97 Å². The van der Waals surface area contributed by atoms with Crippen LogP contribution in [0.2, 0.25) is 13.1 Å². The van der Waals surface area contributed by atoms with Crippen LogP contribution < -0.4 is 10.6 Å². The maximum Gasteiger partial charge on any atom is 0.321 e. The molecule has 16 heavy (non-hydrogen) atoms. The third kappa shape index (κ3) is 1.85. The lowest BCUT2D eigenvalue weighted by atomic mass is 9.62. The Morgan fingerprint density at radius 3 is 2.81 bits per heavy atom. The van der Waals surface area contributed by atoms with Crippen LogP contribution in [0.4, 0.5) is 0 Å². The van der Waals surface area contributed by atoms with Gasteiger partial charge < -0.3 is 20.8 Å². The summed E-state index contributed by atoms with van der Waals surface area (Å²) in [5.41, 5.74) is -0.124. The van der Waals surface area contributed by atoms with Gasteiger partial charge in [0.1, 0.15) is 6.04 Å². The molecule has 2 aliphatic heterocycles. The number of fused-ring (bicyclic) bond motifs is 1. The molecule has 0 aromatic heterocycles. The summed E-state index contributed by atoms with van der Waals surface area (Å²) in [6, 6.07) is -0.129. The average Bonchev–Trinajstić information content (AvgIpc) is 2.40. The highest BCUT2D eigenvalue weighted by atomic mass is 16.4. The predicted molar refractivity (Wildman–Crippen MR) is 61.5 cm³/mol. The van der Waals surface area contributed by atoms with Crippen molar-refractivity contribution in [2.45, 2.75) is 38.1 Å². The van der Waals surface area contributed by atoms with Crippen LogP contribution in [0.5, 0.6) is 0 Å². The maximum absolute atomic E-state index is 11.2. The molecule has 2 rings (SSSR count). The van der Waals surface area contributed by atoms with E-state index >= 15 is 0 Å². The highest BCUT2D eigenvalue weighted by Gasteiger charge is 2.58. The van der Waals surface area contributed by atoms with Crippen molar-refractivity contribution in [3.8, 4) is 0 Å². The number of hydrogen-bond donors (Lipinski definition) is 4. The minimum Gasteiger partial charge on any atom is -0.480 e. The lowest BCUT2D eigenvalue weighted by molar-refractivity contribution is -0.143. The van der Waals surface area contributed by atoms with Crippen molar-refractivity contribution in [2.24, 2.45) is 5.41 Å². The van der Waals surface area contributed by atoms with Crippen LogP contribution in [0, 0.1) is 5.41 Å². The summed E-state index contributed by atoms with van der Waals surface area (Å²) < 4.78 is 0. The van der Waals surface area contributed by atoms with Gasteiger partial charge in [0.25, 0.3) is 6.92 Å². The van der Waals surface area contributed by atoms with Crippen LogP contribution in [-0.4, -0.2) is 48.2 Å². The Morgan fingerprint density at radius 2 is 2.31 bits per heavy atom. The Kier molecular flexibility index (Phi) is 3.23. The largest absolute Gasteiger partial charge is 0.480 e. The van der Waals surface area contributed by atoms with Gasteiger partial charge in [0.05, 0.1) is 0 Å². The molecular formula is C10H19BN2O3. The average molecular weight is 226 g/mol. The summed E-state index contributed by atoms with van der Waals surface area (Å²) in [7, 11) is 0. The van der Waals surface area contributed by atoms with Crippen LogP contribution in [0.25, 0.3) is 0 Å². The minimum atomic E-state index is -0.749. The van der Waals surface area contributed by atoms with Crippen LogP contribution in [0.3, 0.4) is 0 Å². The number of rotatable bonds is 5. The highest BCUT2D eigenvalue weighted by Crippen LogP contribution is 2.42. The number of carboxylic acids is 1. The molecule has 90 valence electrons. The zero-order valence-electron chi connectivity index (χ0n) is 9.57. The molecule has 0 unspecified atom stereocenters. The fourth-order valence-corrected chi connectivity index (χ4v) is 2.99. The second kappa shape index (κ2) is 4.35. The van der Waals surface area contributed by atoms with Crippen molar-refractivity contribution in [3.05, 3.63) is 0 Å². The summed E-state index contributed by atoms with van der Waals surface area (Å²) in [5, 5.41) is 24.7. The van der Waals surface area contributed by atoms with Gasteiger partial charge in [-0.1, -0.05) is 13.2 Å². The molecule has 0 radical (unpaired) electrons. The molecule has 2 heterocycles. The molecule has 0 aliphatic carbocycles. The Labute approximate surface area is 95.7 Å². The first-order valence-corrected chi connectivity index (χ1v) is 5.94. The molecule has 0 bridgehead atoms. The van der Waals surface area contributed by atoms with Crippen LogP contribution in [0.1, 0.15) is 12.8 Å². The van der Waals surface area contributed by atoms with E-state index in [-0.39, 0.29) is 12.3 Å². The molecule has 0 saturated carbocycles. The molecule has 6 heteroatoms. The van der Waals surface area contributed by atoms with Crippen molar-refractivity contribution < 1.29 is 14.9 Å². The summed E-state index contributed by atoms with van der Waals surface area (Å²) in [6.45, 7) is 3.00. The fourth-order valence-electron chi connectivity index (χ4n) is 2.99. The molecule has 0 aromatic carbocycles.